The monoisotopic (exact) mass is 427 g/mol. The maximum absolute atomic E-state index is 12.7. The van der Waals surface area contributed by atoms with Crippen LogP contribution in [-0.4, -0.2) is 26.3 Å². The van der Waals surface area contributed by atoms with Crippen LogP contribution in [0.15, 0.2) is 47.6 Å². The smallest absolute Gasteiger partial charge is 0.192 e. The largest absolute Gasteiger partial charge is 0.484 e. The molecule has 0 atom stereocenters. The summed E-state index contributed by atoms with van der Waals surface area (Å²) in [5.41, 5.74) is 2.93. The summed E-state index contributed by atoms with van der Waals surface area (Å²) in [5, 5.41) is 9.97. The van der Waals surface area contributed by atoms with Crippen LogP contribution in [0.3, 0.4) is 0 Å². The van der Waals surface area contributed by atoms with Crippen molar-refractivity contribution in [2.24, 2.45) is 0 Å². The van der Waals surface area contributed by atoms with E-state index in [0.717, 1.165) is 40.5 Å². The minimum absolute atomic E-state index is 0.103. The third kappa shape index (κ3) is 4.65. The maximum atomic E-state index is 12.7. The molecule has 0 amide bonds. The molecule has 2 aromatic carbocycles. The number of para-hydroxylation sites is 1. The fraction of sp³-hybridized carbons (Fsp3) is 0.318. The van der Waals surface area contributed by atoms with Crippen molar-refractivity contribution in [1.29, 1.82) is 0 Å². The number of Topliss-reactive ketones (excluding diaryl/α,β-unsaturated/α-hetero) is 1. The number of benzene rings is 2. The van der Waals surface area contributed by atoms with Crippen LogP contribution in [0.5, 0.6) is 5.75 Å². The number of aromatic nitrogens is 3. The molecule has 7 heteroatoms. The highest BCUT2D eigenvalue weighted by Crippen LogP contribution is 2.39. The first-order chi connectivity index (χ1) is 14.0. The molecule has 150 valence electrons. The summed E-state index contributed by atoms with van der Waals surface area (Å²) in [4.78, 5) is 12.7. The van der Waals surface area contributed by atoms with E-state index in [9.17, 15) is 4.79 Å². The number of aryl methyl sites for hydroxylation is 2. The van der Waals surface area contributed by atoms with Gasteiger partial charge in [-0.25, -0.2) is 0 Å². The average molecular weight is 428 g/mol. The van der Waals surface area contributed by atoms with Gasteiger partial charge in [0.1, 0.15) is 12.4 Å². The summed E-state index contributed by atoms with van der Waals surface area (Å²) in [6, 6.07) is 13.7. The van der Waals surface area contributed by atoms with Crippen molar-refractivity contribution < 1.29 is 9.53 Å². The quantitative estimate of drug-likeness (QED) is 0.354. The Balaban J connectivity index is 1.45. The number of thioether (sulfide) groups is 1. The van der Waals surface area contributed by atoms with E-state index in [1.165, 1.54) is 11.8 Å². The molecule has 0 spiro atoms. The van der Waals surface area contributed by atoms with Crippen molar-refractivity contribution >= 4 is 29.1 Å². The highest BCUT2D eigenvalue weighted by Gasteiger charge is 2.30. The predicted octanol–water partition coefficient (Wildman–Crippen LogP) is 5.44. The summed E-state index contributed by atoms with van der Waals surface area (Å²) in [6.45, 7) is 4.29. The molecule has 1 aliphatic rings. The van der Waals surface area contributed by atoms with Crippen LogP contribution in [0.4, 0.5) is 0 Å². The van der Waals surface area contributed by atoms with Gasteiger partial charge in [0.05, 0.1) is 10.8 Å². The van der Waals surface area contributed by atoms with E-state index in [0.29, 0.717) is 29.2 Å². The van der Waals surface area contributed by atoms with E-state index < -0.39 is 0 Å². The van der Waals surface area contributed by atoms with E-state index >= 15 is 0 Å². The van der Waals surface area contributed by atoms with E-state index in [2.05, 4.69) is 14.8 Å². The topological polar surface area (TPSA) is 57.0 Å². The van der Waals surface area contributed by atoms with Gasteiger partial charge in [0.25, 0.3) is 0 Å². The zero-order valence-electron chi connectivity index (χ0n) is 16.4. The molecule has 0 N–H and O–H groups in total. The summed E-state index contributed by atoms with van der Waals surface area (Å²) in [5.74, 6) is 1.82. The van der Waals surface area contributed by atoms with Crippen LogP contribution >= 0.6 is 23.4 Å². The standard InChI is InChI=1S/C22H22ClN3O2S/c1-14-7-10-17(15(2)11-14)19(27)13-29-22-25-24-21(26(22)16-8-9-16)12-28-20-6-4-3-5-18(20)23/h3-7,10-11,16H,8-9,12-13H2,1-2H3. The Morgan fingerprint density at radius 3 is 2.72 bits per heavy atom. The van der Waals surface area contributed by atoms with Crippen LogP contribution < -0.4 is 4.74 Å². The predicted molar refractivity (Wildman–Crippen MR) is 115 cm³/mol. The van der Waals surface area contributed by atoms with Crippen LogP contribution in [0.1, 0.15) is 46.2 Å². The second-order valence-corrected chi connectivity index (χ2v) is 8.60. The van der Waals surface area contributed by atoms with Crippen LogP contribution in [0, 0.1) is 13.8 Å². The molecule has 0 saturated heterocycles. The van der Waals surface area contributed by atoms with Gasteiger partial charge in [0.2, 0.25) is 0 Å². The Bertz CT molecular complexity index is 1050. The Kier molecular flexibility index (Phi) is 5.92. The summed E-state index contributed by atoms with van der Waals surface area (Å²) in [7, 11) is 0. The number of nitrogens with zero attached hydrogens (tertiary/aromatic N) is 3. The molecule has 3 aromatic rings. The first kappa shape index (κ1) is 20.0. The molecule has 0 unspecified atom stereocenters. The minimum atomic E-state index is 0.103. The van der Waals surface area contributed by atoms with Crippen LogP contribution in [0.2, 0.25) is 5.02 Å². The highest BCUT2D eigenvalue weighted by molar-refractivity contribution is 7.99. The highest BCUT2D eigenvalue weighted by atomic mass is 35.5. The molecule has 1 heterocycles. The van der Waals surface area contributed by atoms with Crippen molar-refractivity contribution in [2.45, 2.75) is 44.5 Å². The third-order valence-electron chi connectivity index (χ3n) is 4.86. The third-order valence-corrected chi connectivity index (χ3v) is 6.11. The van der Waals surface area contributed by atoms with Gasteiger partial charge >= 0.3 is 0 Å². The molecule has 1 saturated carbocycles. The van der Waals surface area contributed by atoms with Crippen molar-refractivity contribution in [3.8, 4) is 5.75 Å². The molecule has 4 rings (SSSR count). The summed E-state index contributed by atoms with van der Waals surface area (Å²) < 4.78 is 7.95. The van der Waals surface area contributed by atoms with Gasteiger partial charge in [-0.15, -0.1) is 10.2 Å². The van der Waals surface area contributed by atoms with Crippen LogP contribution in [-0.2, 0) is 6.61 Å². The normalized spacial score (nSPS) is 13.5. The minimum Gasteiger partial charge on any atom is -0.484 e. The first-order valence-electron chi connectivity index (χ1n) is 9.57. The molecule has 1 aliphatic carbocycles. The van der Waals surface area contributed by atoms with E-state index in [1.54, 1.807) is 6.07 Å². The number of carbonyl (C=O) groups excluding carboxylic acids is 1. The van der Waals surface area contributed by atoms with E-state index in [-0.39, 0.29) is 5.78 Å². The second-order valence-electron chi connectivity index (χ2n) is 7.25. The Morgan fingerprint density at radius 1 is 1.21 bits per heavy atom. The molecule has 0 radical (unpaired) electrons. The van der Waals surface area contributed by atoms with Crippen LogP contribution in [0.25, 0.3) is 0 Å². The van der Waals surface area contributed by atoms with Gasteiger partial charge in [-0.05, 0) is 44.4 Å². The molecule has 5 nitrogen and oxygen atoms in total. The summed E-state index contributed by atoms with van der Waals surface area (Å²) in [6.07, 6.45) is 2.19. The van der Waals surface area contributed by atoms with Gasteiger partial charge in [0.15, 0.2) is 16.8 Å². The van der Waals surface area contributed by atoms with Gasteiger partial charge < -0.3 is 4.74 Å². The summed E-state index contributed by atoms with van der Waals surface area (Å²) >= 11 is 7.60. The molecule has 29 heavy (non-hydrogen) atoms. The maximum Gasteiger partial charge on any atom is 0.192 e. The zero-order valence-corrected chi connectivity index (χ0v) is 18.0. The molecular weight excluding hydrogens is 406 g/mol. The number of carbonyl (C=O) groups is 1. The van der Waals surface area contributed by atoms with Gasteiger partial charge in [-0.2, -0.15) is 0 Å². The van der Waals surface area contributed by atoms with Gasteiger partial charge in [-0.1, -0.05) is 59.3 Å². The Morgan fingerprint density at radius 2 is 2.00 bits per heavy atom. The Labute approximate surface area is 179 Å². The fourth-order valence-corrected chi connectivity index (χ4v) is 4.34. The fourth-order valence-electron chi connectivity index (χ4n) is 3.24. The lowest BCUT2D eigenvalue weighted by Gasteiger charge is -2.11. The lowest BCUT2D eigenvalue weighted by atomic mass is 10.0. The number of hydrogen-bond donors (Lipinski definition) is 0. The van der Waals surface area contributed by atoms with Gasteiger partial charge in [-0.3, -0.25) is 9.36 Å². The molecule has 0 bridgehead atoms. The molecule has 1 fully saturated rings. The number of rotatable bonds is 8. The lowest BCUT2D eigenvalue weighted by molar-refractivity contribution is 0.102. The van der Waals surface area contributed by atoms with Crippen molar-refractivity contribution in [3.63, 3.8) is 0 Å². The number of ether oxygens (including phenoxy) is 1. The number of hydrogen-bond acceptors (Lipinski definition) is 5. The first-order valence-corrected chi connectivity index (χ1v) is 10.9. The van der Waals surface area contributed by atoms with Gasteiger partial charge in [0, 0.05) is 11.6 Å². The zero-order chi connectivity index (χ0) is 20.4. The molecule has 0 aliphatic heterocycles. The van der Waals surface area contributed by atoms with E-state index in [1.807, 2.05) is 50.2 Å². The Hall–Kier alpha value is -2.31. The average Bonchev–Trinajstić information content (AvgIpc) is 3.45. The number of ketones is 1. The van der Waals surface area contributed by atoms with E-state index in [4.69, 9.17) is 16.3 Å². The molecule has 1 aromatic heterocycles. The van der Waals surface area contributed by atoms with Crippen molar-refractivity contribution in [2.75, 3.05) is 5.75 Å². The SMILES string of the molecule is Cc1ccc(C(=O)CSc2nnc(COc3ccccc3Cl)n2C2CC2)c(C)c1. The number of halogens is 1. The van der Waals surface area contributed by atoms with Crippen molar-refractivity contribution in [3.05, 3.63) is 70.0 Å². The lowest BCUT2D eigenvalue weighted by Crippen LogP contribution is -2.09. The second kappa shape index (κ2) is 8.59. The molecular formula is C22H22ClN3O2S. The van der Waals surface area contributed by atoms with Crippen molar-refractivity contribution in [1.82, 2.24) is 14.8 Å².